The third-order valence-electron chi connectivity index (χ3n) is 4.32. The first-order chi connectivity index (χ1) is 14.6. The van der Waals surface area contributed by atoms with Gasteiger partial charge in [0.25, 0.3) is 11.8 Å². The van der Waals surface area contributed by atoms with E-state index in [4.69, 9.17) is 0 Å². The number of halogens is 1. The number of hydrogen-bond donors (Lipinski definition) is 2. The Morgan fingerprint density at radius 3 is 2.37 bits per heavy atom. The minimum absolute atomic E-state index is 0.161. The second kappa shape index (κ2) is 8.11. The van der Waals surface area contributed by atoms with Crippen LogP contribution in [0.4, 0.5) is 10.1 Å². The zero-order chi connectivity index (χ0) is 21.1. The number of nitrogens with one attached hydrogen (secondary N) is 2. The normalized spacial score (nSPS) is 13.7. The Bertz CT molecular complexity index is 1240. The Morgan fingerprint density at radius 2 is 1.70 bits per heavy atom. The number of anilines is 1. The maximum Gasteiger partial charge on any atom is 0.268 e. The first-order valence-electron chi connectivity index (χ1n) is 8.81. The summed E-state index contributed by atoms with van der Waals surface area (Å²) in [6.45, 7) is 0. The molecule has 3 aromatic rings. The lowest BCUT2D eigenvalue weighted by atomic mass is 10.0. The Labute approximate surface area is 175 Å². The molecule has 2 N–H and O–H groups in total. The van der Waals surface area contributed by atoms with Gasteiger partial charge in [-0.05, 0) is 35.7 Å². The summed E-state index contributed by atoms with van der Waals surface area (Å²) >= 11 is 1.29. The molecule has 1 aromatic heterocycles. The molecule has 30 heavy (non-hydrogen) atoms. The number of benzene rings is 2. The summed E-state index contributed by atoms with van der Waals surface area (Å²) in [6, 6.07) is 17.6. The molecule has 1 aliphatic rings. The van der Waals surface area contributed by atoms with E-state index in [-0.39, 0.29) is 23.0 Å². The fourth-order valence-electron chi connectivity index (χ4n) is 2.93. The van der Waals surface area contributed by atoms with E-state index in [1.807, 2.05) is 6.07 Å². The van der Waals surface area contributed by atoms with Gasteiger partial charge in [0.05, 0.1) is 10.6 Å². The number of nitrogens with zero attached hydrogens (tertiary/aromatic N) is 2. The Hall–Kier alpha value is -4.09. The number of aliphatic imine (C=N–C) groups is 1. The molecule has 2 amide bonds. The van der Waals surface area contributed by atoms with Crippen molar-refractivity contribution >= 4 is 40.4 Å². The molecule has 0 radical (unpaired) electrons. The van der Waals surface area contributed by atoms with Gasteiger partial charge in [0, 0.05) is 16.8 Å². The summed E-state index contributed by atoms with van der Waals surface area (Å²) in [5.74, 6) is -1.17. The molecular formula is C22H13FN4O2S. The van der Waals surface area contributed by atoms with Crippen LogP contribution in [-0.2, 0) is 4.79 Å². The summed E-state index contributed by atoms with van der Waals surface area (Å²) in [4.78, 5) is 30.0. The molecule has 0 unspecified atom stereocenters. The number of carbonyl (C=O) groups is 2. The molecule has 8 heteroatoms. The number of hydrogen-bond acceptors (Lipinski definition) is 5. The zero-order valence-corrected chi connectivity index (χ0v) is 16.2. The molecule has 1 aliphatic heterocycles. The second-order valence-corrected chi connectivity index (χ2v) is 7.18. The average molecular weight is 416 g/mol. The number of nitriles is 1. The van der Waals surface area contributed by atoms with E-state index in [2.05, 4.69) is 15.6 Å². The standard InChI is InChI=1S/C22H13FN4O2S/c23-13-7-9-14(10-8-13)25-21(28)17(12-24)19-15-4-1-2-5-16(15)20(26-19)27-22(29)18-6-3-11-30-18/h1-11H,(H,25,28)(H,26,27,29)/b19-17-. The molecule has 2 aromatic carbocycles. The van der Waals surface area contributed by atoms with E-state index >= 15 is 0 Å². The molecule has 0 fully saturated rings. The maximum absolute atomic E-state index is 13.1. The fraction of sp³-hybridized carbons (Fsp3) is 0. The van der Waals surface area contributed by atoms with E-state index in [1.54, 1.807) is 41.8 Å². The van der Waals surface area contributed by atoms with Crippen LogP contribution in [0.3, 0.4) is 0 Å². The summed E-state index contributed by atoms with van der Waals surface area (Å²) in [6.07, 6.45) is 0. The minimum Gasteiger partial charge on any atom is -0.321 e. The van der Waals surface area contributed by atoms with Crippen LogP contribution in [0.5, 0.6) is 0 Å². The van der Waals surface area contributed by atoms with E-state index in [0.717, 1.165) is 0 Å². The van der Waals surface area contributed by atoms with Crippen molar-refractivity contribution in [3.05, 3.63) is 93.4 Å². The van der Waals surface area contributed by atoms with Crippen molar-refractivity contribution in [1.82, 2.24) is 5.32 Å². The van der Waals surface area contributed by atoms with Gasteiger partial charge in [0.1, 0.15) is 23.3 Å². The Kier molecular flexibility index (Phi) is 5.20. The van der Waals surface area contributed by atoms with Crippen LogP contribution in [0, 0.1) is 17.1 Å². The monoisotopic (exact) mass is 416 g/mol. The highest BCUT2D eigenvalue weighted by molar-refractivity contribution is 7.12. The topological polar surface area (TPSA) is 94.3 Å². The van der Waals surface area contributed by atoms with Crippen molar-refractivity contribution < 1.29 is 14.0 Å². The molecule has 0 bridgehead atoms. The van der Waals surface area contributed by atoms with Crippen molar-refractivity contribution in [2.45, 2.75) is 0 Å². The number of thiophene rings is 1. The number of amides is 2. The van der Waals surface area contributed by atoms with Crippen molar-refractivity contribution in [2.75, 3.05) is 5.32 Å². The molecule has 6 nitrogen and oxygen atoms in total. The van der Waals surface area contributed by atoms with Crippen LogP contribution in [0.15, 0.2) is 76.6 Å². The van der Waals surface area contributed by atoms with E-state index in [0.29, 0.717) is 21.7 Å². The molecule has 0 atom stereocenters. The summed E-state index contributed by atoms with van der Waals surface area (Å²) in [7, 11) is 0. The number of carbonyl (C=O) groups excluding carboxylic acids is 2. The van der Waals surface area contributed by atoms with Gasteiger partial charge >= 0.3 is 0 Å². The maximum atomic E-state index is 13.1. The third kappa shape index (κ3) is 3.74. The summed E-state index contributed by atoms with van der Waals surface area (Å²) in [5, 5.41) is 16.7. The van der Waals surface area contributed by atoms with Crippen molar-refractivity contribution in [1.29, 1.82) is 5.26 Å². The van der Waals surface area contributed by atoms with Gasteiger partial charge in [-0.25, -0.2) is 9.38 Å². The van der Waals surface area contributed by atoms with Crippen molar-refractivity contribution in [3.63, 3.8) is 0 Å². The summed E-state index contributed by atoms with van der Waals surface area (Å²) < 4.78 is 13.1. The largest absolute Gasteiger partial charge is 0.321 e. The predicted octanol–water partition coefficient (Wildman–Crippen LogP) is 3.95. The molecule has 2 heterocycles. The van der Waals surface area contributed by atoms with E-state index in [1.165, 1.54) is 35.6 Å². The molecule has 4 rings (SSSR count). The van der Waals surface area contributed by atoms with Crippen LogP contribution in [-0.4, -0.2) is 17.6 Å². The number of fused-ring (bicyclic) bond motifs is 1. The van der Waals surface area contributed by atoms with Crippen LogP contribution in [0.25, 0.3) is 5.70 Å². The van der Waals surface area contributed by atoms with E-state index in [9.17, 15) is 19.2 Å². The molecule has 0 spiro atoms. The lowest BCUT2D eigenvalue weighted by Crippen LogP contribution is -2.29. The quantitative estimate of drug-likeness (QED) is 0.500. The molecular weight excluding hydrogens is 403 g/mol. The molecule has 0 aliphatic carbocycles. The van der Waals surface area contributed by atoms with Gasteiger partial charge in [-0.1, -0.05) is 30.3 Å². The first-order valence-corrected chi connectivity index (χ1v) is 9.69. The fourth-order valence-corrected chi connectivity index (χ4v) is 3.55. The Balaban J connectivity index is 1.69. The zero-order valence-electron chi connectivity index (χ0n) is 15.3. The van der Waals surface area contributed by atoms with Gasteiger partial charge in [0.2, 0.25) is 0 Å². The van der Waals surface area contributed by atoms with Crippen LogP contribution >= 0.6 is 11.3 Å². The number of amidine groups is 1. The highest BCUT2D eigenvalue weighted by atomic mass is 32.1. The molecule has 0 saturated heterocycles. The third-order valence-corrected chi connectivity index (χ3v) is 5.18. The second-order valence-electron chi connectivity index (χ2n) is 6.23. The molecule has 0 saturated carbocycles. The smallest absolute Gasteiger partial charge is 0.268 e. The highest BCUT2D eigenvalue weighted by Gasteiger charge is 2.27. The predicted molar refractivity (Wildman–Crippen MR) is 112 cm³/mol. The van der Waals surface area contributed by atoms with Crippen LogP contribution < -0.4 is 10.6 Å². The van der Waals surface area contributed by atoms with Crippen LogP contribution in [0.2, 0.25) is 0 Å². The lowest BCUT2D eigenvalue weighted by Gasteiger charge is -2.06. The lowest BCUT2D eigenvalue weighted by molar-refractivity contribution is -0.112. The minimum atomic E-state index is -0.677. The SMILES string of the molecule is N#C/C(C(=O)Nc1ccc(F)cc1)=C1/N=C(NC(=O)c2cccs2)c2ccccc21. The van der Waals surface area contributed by atoms with Crippen molar-refractivity contribution in [3.8, 4) is 6.07 Å². The first kappa shape index (κ1) is 19.2. The summed E-state index contributed by atoms with van der Waals surface area (Å²) in [5.41, 5.74) is 1.46. The Morgan fingerprint density at radius 1 is 0.967 bits per heavy atom. The highest BCUT2D eigenvalue weighted by Crippen LogP contribution is 2.31. The van der Waals surface area contributed by atoms with Gasteiger partial charge in [0.15, 0.2) is 0 Å². The van der Waals surface area contributed by atoms with Gasteiger partial charge < -0.3 is 10.6 Å². The van der Waals surface area contributed by atoms with Gasteiger partial charge in [-0.3, -0.25) is 9.59 Å². The van der Waals surface area contributed by atoms with E-state index < -0.39 is 11.7 Å². The van der Waals surface area contributed by atoms with Gasteiger partial charge in [-0.15, -0.1) is 11.3 Å². The van der Waals surface area contributed by atoms with Crippen LogP contribution in [0.1, 0.15) is 20.8 Å². The average Bonchev–Trinajstić information content (AvgIpc) is 3.40. The van der Waals surface area contributed by atoms with Crippen molar-refractivity contribution in [2.24, 2.45) is 4.99 Å². The van der Waals surface area contributed by atoms with Gasteiger partial charge in [-0.2, -0.15) is 5.26 Å². The molecule has 146 valence electrons. The number of rotatable bonds is 3.